The number of amides is 2. The van der Waals surface area contributed by atoms with Gasteiger partial charge in [0.2, 0.25) is 0 Å². The number of pyridine rings is 1. The Morgan fingerprint density at radius 2 is 1.84 bits per heavy atom. The minimum absolute atomic E-state index is 0.0965. The fraction of sp³-hybridized carbons (Fsp3) is 0.429. The van der Waals surface area contributed by atoms with Gasteiger partial charge in [-0.3, -0.25) is 14.4 Å². The van der Waals surface area contributed by atoms with E-state index in [9.17, 15) is 4.79 Å². The van der Waals surface area contributed by atoms with E-state index in [1.807, 2.05) is 48.0 Å². The minimum atomic E-state index is -0.248. The highest BCUT2D eigenvalue weighted by atomic mass is 16.5. The number of aromatic nitrogens is 5. The van der Waals surface area contributed by atoms with Gasteiger partial charge in [0, 0.05) is 24.4 Å². The number of hydrogen-bond donors (Lipinski definition) is 2. The maximum absolute atomic E-state index is 13.0. The van der Waals surface area contributed by atoms with Gasteiger partial charge in [0.05, 0.1) is 17.9 Å². The second kappa shape index (κ2) is 9.53. The molecule has 1 aromatic carbocycles. The van der Waals surface area contributed by atoms with E-state index in [1.54, 1.807) is 4.68 Å². The molecule has 1 aliphatic rings. The lowest BCUT2D eigenvalue weighted by Gasteiger charge is -2.32. The maximum atomic E-state index is 13.0. The minimum Gasteiger partial charge on any atom is -0.484 e. The van der Waals surface area contributed by atoms with Crippen LogP contribution < -0.4 is 15.4 Å². The molecule has 0 aliphatic heterocycles. The molecule has 37 heavy (non-hydrogen) atoms. The van der Waals surface area contributed by atoms with Crippen molar-refractivity contribution in [2.24, 2.45) is 7.05 Å². The van der Waals surface area contributed by atoms with Gasteiger partial charge in [0.15, 0.2) is 5.65 Å². The number of fused-ring (bicyclic) bond motifs is 2. The number of hydrogen-bond acceptors (Lipinski definition) is 5. The zero-order chi connectivity index (χ0) is 26.3. The number of benzene rings is 1. The third kappa shape index (κ3) is 5.03. The van der Waals surface area contributed by atoms with Gasteiger partial charge >= 0.3 is 6.03 Å². The van der Waals surface area contributed by atoms with Crippen LogP contribution in [0.15, 0.2) is 48.7 Å². The van der Waals surface area contributed by atoms with E-state index in [0.29, 0.717) is 5.82 Å². The Balaban J connectivity index is 1.32. The molecule has 9 nitrogen and oxygen atoms in total. The summed E-state index contributed by atoms with van der Waals surface area (Å²) in [5, 5.41) is 19.2. The van der Waals surface area contributed by atoms with Crippen LogP contribution >= 0.6 is 0 Å². The van der Waals surface area contributed by atoms with E-state index < -0.39 is 0 Å². The first-order chi connectivity index (χ1) is 17.6. The lowest BCUT2D eigenvalue weighted by Crippen LogP contribution is -2.36. The Morgan fingerprint density at radius 1 is 1.08 bits per heavy atom. The SMILES string of the molecule is CC(C)c1nnc2ccc(O[C@@H]3CC[C@H](NC(=O)Nc4cc(C(C)(C)C)nn4C)c4ccccc43)cn12. The van der Waals surface area contributed by atoms with E-state index in [-0.39, 0.29) is 29.5 Å². The molecule has 3 heterocycles. The third-order valence-corrected chi connectivity index (χ3v) is 6.83. The number of rotatable bonds is 5. The topological polar surface area (TPSA) is 98.4 Å². The van der Waals surface area contributed by atoms with Crippen molar-refractivity contribution >= 4 is 17.5 Å². The number of nitrogens with zero attached hydrogens (tertiary/aromatic N) is 5. The highest BCUT2D eigenvalue weighted by Crippen LogP contribution is 2.39. The largest absolute Gasteiger partial charge is 0.484 e. The Kier molecular flexibility index (Phi) is 6.39. The molecule has 0 saturated heterocycles. The number of nitrogens with one attached hydrogen (secondary N) is 2. The predicted octanol–water partition coefficient (Wildman–Crippen LogP) is 5.66. The van der Waals surface area contributed by atoms with Crippen LogP contribution in [0.4, 0.5) is 10.6 Å². The molecule has 0 saturated carbocycles. The first kappa shape index (κ1) is 24.8. The number of urea groups is 1. The molecule has 5 rings (SSSR count). The summed E-state index contributed by atoms with van der Waals surface area (Å²) in [6.45, 7) is 10.5. The molecule has 4 aromatic rings. The van der Waals surface area contributed by atoms with E-state index in [1.165, 1.54) is 0 Å². The molecule has 0 spiro atoms. The average Bonchev–Trinajstić information content (AvgIpc) is 3.44. The van der Waals surface area contributed by atoms with Crippen molar-refractivity contribution in [1.29, 1.82) is 0 Å². The van der Waals surface area contributed by atoms with E-state index in [4.69, 9.17) is 4.74 Å². The van der Waals surface area contributed by atoms with Crippen molar-refractivity contribution in [2.75, 3.05) is 5.32 Å². The number of anilines is 1. The number of ether oxygens (including phenoxy) is 1. The Hall–Kier alpha value is -3.88. The van der Waals surface area contributed by atoms with Crippen LogP contribution in [0, 0.1) is 0 Å². The fourth-order valence-corrected chi connectivity index (χ4v) is 4.80. The zero-order valence-electron chi connectivity index (χ0n) is 22.3. The summed E-state index contributed by atoms with van der Waals surface area (Å²) in [4.78, 5) is 13.0. The molecule has 1 aliphatic carbocycles. The van der Waals surface area contributed by atoms with Gasteiger partial charge in [-0.05, 0) is 36.1 Å². The molecular formula is C28H35N7O2. The normalized spacial score (nSPS) is 17.6. The van der Waals surface area contributed by atoms with Crippen LogP contribution in [0.25, 0.3) is 5.65 Å². The van der Waals surface area contributed by atoms with Crippen LogP contribution in [0.5, 0.6) is 5.75 Å². The van der Waals surface area contributed by atoms with E-state index in [2.05, 4.69) is 72.7 Å². The van der Waals surface area contributed by atoms with Crippen molar-refractivity contribution in [1.82, 2.24) is 29.7 Å². The smallest absolute Gasteiger partial charge is 0.320 e. The van der Waals surface area contributed by atoms with Gasteiger partial charge in [-0.15, -0.1) is 10.2 Å². The quantitative estimate of drug-likeness (QED) is 0.368. The van der Waals surface area contributed by atoms with E-state index in [0.717, 1.165) is 46.9 Å². The van der Waals surface area contributed by atoms with Gasteiger partial charge in [-0.1, -0.05) is 58.9 Å². The zero-order valence-corrected chi connectivity index (χ0v) is 22.3. The monoisotopic (exact) mass is 501 g/mol. The molecule has 9 heteroatoms. The summed E-state index contributed by atoms with van der Waals surface area (Å²) in [5.74, 6) is 2.59. The molecule has 0 bridgehead atoms. The van der Waals surface area contributed by atoms with Crippen molar-refractivity contribution in [3.05, 3.63) is 71.3 Å². The van der Waals surface area contributed by atoms with Gasteiger partial charge in [-0.2, -0.15) is 5.10 Å². The highest BCUT2D eigenvalue weighted by molar-refractivity contribution is 5.88. The van der Waals surface area contributed by atoms with Crippen molar-refractivity contribution < 1.29 is 9.53 Å². The predicted molar refractivity (Wildman–Crippen MR) is 143 cm³/mol. The highest BCUT2D eigenvalue weighted by Gasteiger charge is 2.30. The summed E-state index contributed by atoms with van der Waals surface area (Å²) < 4.78 is 10.2. The molecule has 0 fully saturated rings. The Labute approximate surface area is 217 Å². The van der Waals surface area contributed by atoms with Crippen LogP contribution in [-0.2, 0) is 12.5 Å². The van der Waals surface area contributed by atoms with Gasteiger partial charge in [0.1, 0.15) is 23.5 Å². The summed E-state index contributed by atoms with van der Waals surface area (Å²) in [5.41, 5.74) is 3.79. The first-order valence-electron chi connectivity index (χ1n) is 12.8. The van der Waals surface area contributed by atoms with E-state index >= 15 is 0 Å². The maximum Gasteiger partial charge on any atom is 0.320 e. The van der Waals surface area contributed by atoms with Crippen molar-refractivity contribution in [3.8, 4) is 5.75 Å². The molecule has 3 aromatic heterocycles. The Morgan fingerprint density at radius 3 is 2.54 bits per heavy atom. The fourth-order valence-electron chi connectivity index (χ4n) is 4.80. The molecule has 0 radical (unpaired) electrons. The third-order valence-electron chi connectivity index (χ3n) is 6.83. The molecule has 2 N–H and O–H groups in total. The second-order valence-corrected chi connectivity index (χ2v) is 11.1. The summed E-state index contributed by atoms with van der Waals surface area (Å²) in [7, 11) is 1.84. The Bertz CT molecular complexity index is 1430. The summed E-state index contributed by atoms with van der Waals surface area (Å²) in [6.07, 6.45) is 3.39. The lowest BCUT2D eigenvalue weighted by molar-refractivity contribution is 0.171. The summed E-state index contributed by atoms with van der Waals surface area (Å²) in [6, 6.07) is 13.6. The number of carbonyl (C=O) groups excluding carboxylic acids is 1. The molecule has 2 atom stereocenters. The van der Waals surface area contributed by atoms with Crippen LogP contribution in [-0.4, -0.2) is 30.4 Å². The standard InChI is InChI=1S/C28H35N7O2/c1-17(2)26-32-31-24-14-11-18(16-35(24)26)37-22-13-12-21(19-9-7-8-10-20(19)22)29-27(36)30-25-15-23(28(3,4)5)33-34(25)6/h7-11,14-17,21-22H,12-13H2,1-6H3,(H2,29,30,36)/t21-,22+/m0/s1. The average molecular weight is 502 g/mol. The lowest BCUT2D eigenvalue weighted by atomic mass is 9.85. The van der Waals surface area contributed by atoms with Gasteiger partial charge < -0.3 is 10.1 Å². The van der Waals surface area contributed by atoms with Crippen LogP contribution in [0.3, 0.4) is 0 Å². The van der Waals surface area contributed by atoms with Crippen molar-refractivity contribution in [2.45, 2.75) is 70.9 Å². The second-order valence-electron chi connectivity index (χ2n) is 11.1. The molecule has 0 unspecified atom stereocenters. The van der Waals surface area contributed by atoms with Crippen LogP contribution in [0.2, 0.25) is 0 Å². The number of carbonyl (C=O) groups is 1. The van der Waals surface area contributed by atoms with Crippen LogP contribution in [0.1, 0.15) is 88.2 Å². The van der Waals surface area contributed by atoms with Gasteiger partial charge in [0.25, 0.3) is 0 Å². The van der Waals surface area contributed by atoms with Gasteiger partial charge in [-0.25, -0.2) is 4.79 Å². The molecule has 194 valence electrons. The first-order valence-corrected chi connectivity index (χ1v) is 12.8. The molecule has 2 amide bonds. The van der Waals surface area contributed by atoms with Crippen molar-refractivity contribution in [3.63, 3.8) is 0 Å². The molecular weight excluding hydrogens is 466 g/mol. The number of aryl methyl sites for hydroxylation is 1. The summed E-state index contributed by atoms with van der Waals surface area (Å²) >= 11 is 0.